The van der Waals surface area contributed by atoms with Crippen molar-refractivity contribution in [2.75, 3.05) is 0 Å². The monoisotopic (exact) mass is 533 g/mol. The Hall–Kier alpha value is -3.65. The van der Waals surface area contributed by atoms with Crippen LogP contribution in [0, 0.1) is 0 Å². The van der Waals surface area contributed by atoms with Crippen molar-refractivity contribution < 1.29 is 19.1 Å². The molecule has 1 aromatic carbocycles. The summed E-state index contributed by atoms with van der Waals surface area (Å²) in [6, 6.07) is 13.7. The van der Waals surface area contributed by atoms with Crippen molar-refractivity contribution in [3.8, 4) is 16.3 Å². The van der Waals surface area contributed by atoms with Crippen LogP contribution in [-0.4, -0.2) is 32.9 Å². The number of benzene rings is 1. The van der Waals surface area contributed by atoms with Gasteiger partial charge in [-0.25, -0.2) is 14.3 Å². The third kappa shape index (κ3) is 5.91. The fraction of sp³-hybridized carbons (Fsp3) is 0.367. The number of ether oxygens (including phenoxy) is 2. The van der Waals surface area contributed by atoms with E-state index in [1.165, 1.54) is 0 Å². The first-order valence-corrected chi connectivity index (χ1v) is 13.5. The van der Waals surface area contributed by atoms with Gasteiger partial charge in [-0.15, -0.1) is 11.3 Å². The highest BCUT2D eigenvalue weighted by Crippen LogP contribution is 2.44. The van der Waals surface area contributed by atoms with Gasteiger partial charge < -0.3 is 14.8 Å². The lowest BCUT2D eigenvalue weighted by Gasteiger charge is -2.33. The average molecular weight is 534 g/mol. The zero-order valence-electron chi connectivity index (χ0n) is 23.2. The van der Waals surface area contributed by atoms with E-state index in [1.54, 1.807) is 16.0 Å². The van der Waals surface area contributed by atoms with E-state index in [4.69, 9.17) is 14.6 Å². The summed E-state index contributed by atoms with van der Waals surface area (Å²) in [7, 11) is 0. The van der Waals surface area contributed by atoms with Gasteiger partial charge in [0.1, 0.15) is 16.9 Å². The molecule has 8 heteroatoms. The second-order valence-electron chi connectivity index (χ2n) is 11.3. The van der Waals surface area contributed by atoms with Crippen LogP contribution >= 0.6 is 11.3 Å². The van der Waals surface area contributed by atoms with Crippen LogP contribution in [0.4, 0.5) is 0 Å². The van der Waals surface area contributed by atoms with Crippen molar-refractivity contribution in [2.24, 2.45) is 0 Å². The maximum absolute atomic E-state index is 13.7. The fourth-order valence-electron chi connectivity index (χ4n) is 4.43. The fourth-order valence-corrected chi connectivity index (χ4v) is 5.16. The number of rotatable bonds is 5. The largest absolute Gasteiger partial charge is 0.457 e. The van der Waals surface area contributed by atoms with Gasteiger partial charge in [-0.2, -0.15) is 5.10 Å². The van der Waals surface area contributed by atoms with Crippen LogP contribution in [-0.2, 0) is 19.1 Å². The van der Waals surface area contributed by atoms with Crippen LogP contribution in [0.3, 0.4) is 0 Å². The molecule has 0 unspecified atom stereocenters. The summed E-state index contributed by atoms with van der Waals surface area (Å²) in [4.78, 5) is 28.4. The number of thiophene rings is 1. The number of hydrogen-bond donors (Lipinski definition) is 1. The highest BCUT2D eigenvalue weighted by Gasteiger charge is 2.42. The Balaban J connectivity index is 1.98. The summed E-state index contributed by atoms with van der Waals surface area (Å²) >= 11 is 1.55. The molecule has 1 aliphatic rings. The third-order valence-corrected chi connectivity index (χ3v) is 6.70. The number of hydrogen-bond acceptors (Lipinski definition) is 7. The smallest absolute Gasteiger partial charge is 0.337 e. The molecule has 2 aromatic heterocycles. The van der Waals surface area contributed by atoms with E-state index >= 15 is 0 Å². The first-order valence-electron chi connectivity index (χ1n) is 12.6. The molecule has 200 valence electrons. The average Bonchev–Trinajstić information content (AvgIpc) is 3.46. The summed E-state index contributed by atoms with van der Waals surface area (Å²) in [6.45, 7) is 14.6. The Morgan fingerprint density at radius 2 is 1.42 bits per heavy atom. The predicted molar refractivity (Wildman–Crippen MR) is 150 cm³/mol. The van der Waals surface area contributed by atoms with Gasteiger partial charge in [0.2, 0.25) is 0 Å². The standard InChI is InChI=1S/C30H35N3O4S/c1-18-23(27(34)36-29(3,4)5)25(24(19(2)31-18)28(35)37-30(6,7)8)21-17-33(20-13-10-9-11-14-20)32-26(21)22-15-12-16-38-22/h9-17,25,31H,1-8H3. The number of allylic oxidation sites excluding steroid dienone is 2. The molecule has 0 saturated carbocycles. The summed E-state index contributed by atoms with van der Waals surface area (Å²) in [5, 5.41) is 10.2. The Labute approximate surface area is 228 Å². The quantitative estimate of drug-likeness (QED) is 0.376. The van der Waals surface area contributed by atoms with Crippen molar-refractivity contribution in [3.05, 3.63) is 82.1 Å². The number of dihydropyridines is 1. The van der Waals surface area contributed by atoms with Gasteiger partial charge in [-0.05, 0) is 79.0 Å². The van der Waals surface area contributed by atoms with E-state index < -0.39 is 29.1 Å². The minimum atomic E-state index is -0.754. The van der Waals surface area contributed by atoms with E-state index in [9.17, 15) is 9.59 Å². The van der Waals surface area contributed by atoms with E-state index in [2.05, 4.69) is 5.32 Å². The van der Waals surface area contributed by atoms with Gasteiger partial charge in [0.05, 0.1) is 27.6 Å². The highest BCUT2D eigenvalue weighted by atomic mass is 32.1. The number of nitrogens with zero attached hydrogens (tertiary/aromatic N) is 2. The van der Waals surface area contributed by atoms with Crippen LogP contribution in [0.25, 0.3) is 16.3 Å². The summed E-state index contributed by atoms with van der Waals surface area (Å²) in [6.07, 6.45) is 1.90. The minimum absolute atomic E-state index is 0.358. The number of carbonyl (C=O) groups is 2. The minimum Gasteiger partial charge on any atom is -0.457 e. The van der Waals surface area contributed by atoms with E-state index in [-0.39, 0.29) is 0 Å². The van der Waals surface area contributed by atoms with Crippen molar-refractivity contribution in [3.63, 3.8) is 0 Å². The second kappa shape index (κ2) is 10.3. The van der Waals surface area contributed by atoms with Crippen molar-refractivity contribution in [2.45, 2.75) is 72.5 Å². The van der Waals surface area contributed by atoms with E-state index in [1.807, 2.05) is 109 Å². The van der Waals surface area contributed by atoms with Gasteiger partial charge >= 0.3 is 11.9 Å². The molecular weight excluding hydrogens is 498 g/mol. The SMILES string of the molecule is CC1=C(C(=O)OC(C)(C)C)C(c2cn(-c3ccccc3)nc2-c2cccs2)C(C(=O)OC(C)(C)C)=C(C)N1. The molecule has 0 saturated heterocycles. The van der Waals surface area contributed by atoms with E-state index in [0.29, 0.717) is 28.2 Å². The van der Waals surface area contributed by atoms with Gasteiger partial charge in [0.15, 0.2) is 0 Å². The summed E-state index contributed by atoms with van der Waals surface area (Å²) in [5.74, 6) is -1.74. The maximum Gasteiger partial charge on any atom is 0.337 e. The van der Waals surface area contributed by atoms with Crippen molar-refractivity contribution >= 4 is 23.3 Å². The molecule has 38 heavy (non-hydrogen) atoms. The predicted octanol–water partition coefficient (Wildman–Crippen LogP) is 6.52. The van der Waals surface area contributed by atoms with Crippen molar-refractivity contribution in [1.82, 2.24) is 15.1 Å². The Morgan fingerprint density at radius 1 is 0.868 bits per heavy atom. The first-order chi connectivity index (χ1) is 17.7. The Morgan fingerprint density at radius 3 is 1.89 bits per heavy atom. The van der Waals surface area contributed by atoms with Gasteiger partial charge in [0, 0.05) is 23.2 Å². The van der Waals surface area contributed by atoms with Crippen LogP contribution < -0.4 is 5.32 Å². The summed E-state index contributed by atoms with van der Waals surface area (Å²) < 4.78 is 13.5. The van der Waals surface area contributed by atoms with Gasteiger partial charge in [-0.1, -0.05) is 24.3 Å². The molecule has 0 radical (unpaired) electrons. The number of para-hydroxylation sites is 1. The van der Waals surface area contributed by atoms with Crippen molar-refractivity contribution in [1.29, 1.82) is 0 Å². The zero-order valence-corrected chi connectivity index (χ0v) is 24.0. The van der Waals surface area contributed by atoms with Crippen LogP contribution in [0.1, 0.15) is 66.9 Å². The lowest BCUT2D eigenvalue weighted by Crippen LogP contribution is -2.36. The number of nitrogens with one attached hydrogen (secondary N) is 1. The first kappa shape index (κ1) is 27.4. The molecule has 0 fully saturated rings. The molecule has 1 aliphatic heterocycles. The molecule has 1 N–H and O–H groups in total. The molecule has 0 aliphatic carbocycles. The van der Waals surface area contributed by atoms with E-state index in [0.717, 1.165) is 16.1 Å². The summed E-state index contributed by atoms with van der Waals surface area (Å²) in [5.41, 5.74) is 2.80. The van der Waals surface area contributed by atoms with Crippen LogP contribution in [0.15, 0.2) is 76.6 Å². The Bertz CT molecular complexity index is 1350. The normalized spacial score (nSPS) is 14.9. The number of aromatic nitrogens is 2. The molecule has 7 nitrogen and oxygen atoms in total. The topological polar surface area (TPSA) is 82.5 Å². The molecule has 0 bridgehead atoms. The lowest BCUT2D eigenvalue weighted by atomic mass is 9.80. The van der Waals surface area contributed by atoms with Crippen LogP contribution in [0.2, 0.25) is 0 Å². The van der Waals surface area contributed by atoms with Gasteiger partial charge in [0.25, 0.3) is 0 Å². The molecule has 0 spiro atoms. The highest BCUT2D eigenvalue weighted by molar-refractivity contribution is 7.13. The van der Waals surface area contributed by atoms with Crippen LogP contribution in [0.5, 0.6) is 0 Å². The zero-order chi connectivity index (χ0) is 27.8. The molecule has 3 aromatic rings. The molecule has 0 atom stereocenters. The number of carbonyl (C=O) groups excluding carboxylic acids is 2. The molecule has 0 amide bonds. The third-order valence-electron chi connectivity index (χ3n) is 5.83. The number of esters is 2. The second-order valence-corrected chi connectivity index (χ2v) is 12.3. The molecule has 4 rings (SSSR count). The molecule has 3 heterocycles. The Kier molecular flexibility index (Phi) is 7.39. The maximum atomic E-state index is 13.7. The van der Waals surface area contributed by atoms with Gasteiger partial charge in [-0.3, -0.25) is 0 Å². The molecular formula is C30H35N3O4S. The lowest BCUT2D eigenvalue weighted by molar-refractivity contribution is -0.150.